The fourth-order valence-corrected chi connectivity index (χ4v) is 2.48. The zero-order valence-corrected chi connectivity index (χ0v) is 10.6. The SMILES string of the molecule is CCCCCCN1CCCC(NCC)C1. The number of unbranched alkanes of at least 4 members (excludes halogenated alkanes) is 3. The largest absolute Gasteiger partial charge is 0.313 e. The lowest BCUT2D eigenvalue weighted by Gasteiger charge is -2.33. The first-order valence-electron chi connectivity index (χ1n) is 6.82. The summed E-state index contributed by atoms with van der Waals surface area (Å²) in [5.74, 6) is 0. The number of piperidine rings is 1. The van der Waals surface area contributed by atoms with Crippen LogP contribution in [0.15, 0.2) is 0 Å². The first-order chi connectivity index (χ1) is 7.36. The van der Waals surface area contributed by atoms with Crippen LogP contribution in [0.25, 0.3) is 0 Å². The Morgan fingerprint density at radius 1 is 1.20 bits per heavy atom. The molecule has 2 heteroatoms. The third kappa shape index (κ3) is 5.53. The molecule has 1 fully saturated rings. The summed E-state index contributed by atoms with van der Waals surface area (Å²) in [6.07, 6.45) is 8.32. The summed E-state index contributed by atoms with van der Waals surface area (Å²) >= 11 is 0. The van der Waals surface area contributed by atoms with Gasteiger partial charge in [0.25, 0.3) is 0 Å². The minimum atomic E-state index is 0.759. The molecule has 2 nitrogen and oxygen atoms in total. The van der Waals surface area contributed by atoms with Crippen LogP contribution < -0.4 is 5.32 Å². The Labute approximate surface area is 95.4 Å². The Balaban J connectivity index is 2.07. The maximum absolute atomic E-state index is 3.57. The van der Waals surface area contributed by atoms with Gasteiger partial charge in [0, 0.05) is 12.6 Å². The zero-order valence-electron chi connectivity index (χ0n) is 10.6. The van der Waals surface area contributed by atoms with E-state index in [9.17, 15) is 0 Å². The molecule has 0 bridgehead atoms. The minimum absolute atomic E-state index is 0.759. The standard InChI is InChI=1S/C13H28N2/c1-3-5-6-7-10-15-11-8-9-13(12-15)14-4-2/h13-14H,3-12H2,1-2H3. The lowest BCUT2D eigenvalue weighted by Crippen LogP contribution is -2.45. The Morgan fingerprint density at radius 2 is 2.07 bits per heavy atom. The van der Waals surface area contributed by atoms with E-state index in [1.165, 1.54) is 58.2 Å². The fourth-order valence-electron chi connectivity index (χ4n) is 2.48. The molecule has 1 rings (SSSR count). The molecule has 0 spiro atoms. The monoisotopic (exact) mass is 212 g/mol. The highest BCUT2D eigenvalue weighted by atomic mass is 15.2. The lowest BCUT2D eigenvalue weighted by atomic mass is 10.1. The molecule has 90 valence electrons. The Morgan fingerprint density at radius 3 is 2.80 bits per heavy atom. The zero-order chi connectivity index (χ0) is 10.9. The molecule has 1 saturated heterocycles. The Hall–Kier alpha value is -0.0800. The minimum Gasteiger partial charge on any atom is -0.313 e. The molecule has 0 aromatic heterocycles. The van der Waals surface area contributed by atoms with Crippen molar-refractivity contribution in [2.75, 3.05) is 26.2 Å². The number of rotatable bonds is 7. The van der Waals surface area contributed by atoms with Crippen molar-refractivity contribution >= 4 is 0 Å². The summed E-state index contributed by atoms with van der Waals surface area (Å²) in [5.41, 5.74) is 0. The van der Waals surface area contributed by atoms with E-state index in [1.807, 2.05) is 0 Å². The molecule has 1 atom stereocenters. The summed E-state index contributed by atoms with van der Waals surface area (Å²) < 4.78 is 0. The summed E-state index contributed by atoms with van der Waals surface area (Å²) in [6, 6.07) is 0.759. The quantitative estimate of drug-likeness (QED) is 0.653. The molecule has 0 aliphatic carbocycles. The smallest absolute Gasteiger partial charge is 0.0195 e. The van der Waals surface area contributed by atoms with Crippen LogP contribution in [0.2, 0.25) is 0 Å². The van der Waals surface area contributed by atoms with Crippen molar-refractivity contribution in [2.45, 2.75) is 58.4 Å². The molecular formula is C13H28N2. The van der Waals surface area contributed by atoms with Crippen molar-refractivity contribution < 1.29 is 0 Å². The maximum atomic E-state index is 3.57. The van der Waals surface area contributed by atoms with Crippen LogP contribution in [0, 0.1) is 0 Å². The Bertz CT molecular complexity index is 145. The first-order valence-corrected chi connectivity index (χ1v) is 6.82. The van der Waals surface area contributed by atoms with E-state index in [0.717, 1.165) is 12.6 Å². The highest BCUT2D eigenvalue weighted by Gasteiger charge is 2.17. The van der Waals surface area contributed by atoms with Gasteiger partial charge >= 0.3 is 0 Å². The number of nitrogens with one attached hydrogen (secondary N) is 1. The van der Waals surface area contributed by atoms with Gasteiger partial charge in [0.1, 0.15) is 0 Å². The second-order valence-electron chi connectivity index (χ2n) is 4.76. The third-order valence-corrected chi connectivity index (χ3v) is 3.33. The van der Waals surface area contributed by atoms with Crippen molar-refractivity contribution in [3.8, 4) is 0 Å². The van der Waals surface area contributed by atoms with Gasteiger partial charge in [0.05, 0.1) is 0 Å². The van der Waals surface area contributed by atoms with Crippen LogP contribution in [0.4, 0.5) is 0 Å². The predicted octanol–water partition coefficient (Wildman–Crippen LogP) is 2.64. The average molecular weight is 212 g/mol. The first kappa shape index (κ1) is 13.0. The Kier molecular flexibility index (Phi) is 7.03. The van der Waals surface area contributed by atoms with E-state index < -0.39 is 0 Å². The van der Waals surface area contributed by atoms with E-state index in [2.05, 4.69) is 24.1 Å². The summed E-state index contributed by atoms with van der Waals surface area (Å²) in [6.45, 7) is 9.53. The number of nitrogens with zero attached hydrogens (tertiary/aromatic N) is 1. The van der Waals surface area contributed by atoms with Gasteiger partial charge in [-0.1, -0.05) is 33.1 Å². The van der Waals surface area contributed by atoms with Crippen LogP contribution >= 0.6 is 0 Å². The molecule has 0 aromatic carbocycles. The van der Waals surface area contributed by atoms with E-state index >= 15 is 0 Å². The number of hydrogen-bond donors (Lipinski definition) is 1. The van der Waals surface area contributed by atoms with Gasteiger partial charge in [0.2, 0.25) is 0 Å². The van der Waals surface area contributed by atoms with Crippen molar-refractivity contribution in [3.05, 3.63) is 0 Å². The van der Waals surface area contributed by atoms with Gasteiger partial charge < -0.3 is 10.2 Å². The van der Waals surface area contributed by atoms with Crippen LogP contribution in [-0.4, -0.2) is 37.1 Å². The number of likely N-dealkylation sites (tertiary alicyclic amines) is 1. The van der Waals surface area contributed by atoms with E-state index in [4.69, 9.17) is 0 Å². The number of hydrogen-bond acceptors (Lipinski definition) is 2. The highest BCUT2D eigenvalue weighted by molar-refractivity contribution is 4.77. The predicted molar refractivity (Wildman–Crippen MR) is 67.3 cm³/mol. The van der Waals surface area contributed by atoms with Gasteiger partial charge in [-0.3, -0.25) is 0 Å². The maximum Gasteiger partial charge on any atom is 0.0195 e. The fraction of sp³-hybridized carbons (Fsp3) is 1.00. The molecule has 1 aliphatic rings. The number of likely N-dealkylation sites (N-methyl/N-ethyl adjacent to an activating group) is 1. The van der Waals surface area contributed by atoms with Gasteiger partial charge in [-0.15, -0.1) is 0 Å². The second kappa shape index (κ2) is 8.12. The lowest BCUT2D eigenvalue weighted by molar-refractivity contribution is 0.188. The van der Waals surface area contributed by atoms with Crippen molar-refractivity contribution in [3.63, 3.8) is 0 Å². The van der Waals surface area contributed by atoms with Crippen molar-refractivity contribution in [1.29, 1.82) is 0 Å². The van der Waals surface area contributed by atoms with Crippen LogP contribution in [-0.2, 0) is 0 Å². The second-order valence-corrected chi connectivity index (χ2v) is 4.76. The van der Waals surface area contributed by atoms with Gasteiger partial charge in [-0.05, 0) is 38.9 Å². The van der Waals surface area contributed by atoms with E-state index in [1.54, 1.807) is 0 Å². The van der Waals surface area contributed by atoms with Crippen molar-refractivity contribution in [1.82, 2.24) is 10.2 Å². The summed E-state index contributed by atoms with van der Waals surface area (Å²) in [5, 5.41) is 3.57. The van der Waals surface area contributed by atoms with Crippen LogP contribution in [0.1, 0.15) is 52.4 Å². The molecule has 1 heterocycles. The van der Waals surface area contributed by atoms with Crippen LogP contribution in [0.3, 0.4) is 0 Å². The summed E-state index contributed by atoms with van der Waals surface area (Å²) in [7, 11) is 0. The molecule has 0 radical (unpaired) electrons. The summed E-state index contributed by atoms with van der Waals surface area (Å²) in [4.78, 5) is 2.65. The van der Waals surface area contributed by atoms with Crippen LogP contribution in [0.5, 0.6) is 0 Å². The molecular weight excluding hydrogens is 184 g/mol. The van der Waals surface area contributed by atoms with Gasteiger partial charge in [0.15, 0.2) is 0 Å². The third-order valence-electron chi connectivity index (χ3n) is 3.33. The molecule has 1 N–H and O–H groups in total. The molecule has 0 aromatic rings. The molecule has 1 aliphatic heterocycles. The molecule has 1 unspecified atom stereocenters. The van der Waals surface area contributed by atoms with Crippen molar-refractivity contribution in [2.24, 2.45) is 0 Å². The van der Waals surface area contributed by atoms with Gasteiger partial charge in [-0.2, -0.15) is 0 Å². The van der Waals surface area contributed by atoms with Gasteiger partial charge in [-0.25, -0.2) is 0 Å². The molecule has 0 amide bonds. The topological polar surface area (TPSA) is 15.3 Å². The molecule has 0 saturated carbocycles. The highest BCUT2D eigenvalue weighted by Crippen LogP contribution is 2.11. The van der Waals surface area contributed by atoms with E-state index in [0.29, 0.717) is 0 Å². The van der Waals surface area contributed by atoms with E-state index in [-0.39, 0.29) is 0 Å². The normalized spacial score (nSPS) is 23.2. The molecule has 15 heavy (non-hydrogen) atoms. The average Bonchev–Trinajstić information content (AvgIpc) is 2.26.